The predicted molar refractivity (Wildman–Crippen MR) is 94.7 cm³/mol. The van der Waals surface area contributed by atoms with Crippen LogP contribution in [0.25, 0.3) is 0 Å². The minimum absolute atomic E-state index is 0.0204. The Labute approximate surface area is 148 Å². The van der Waals surface area contributed by atoms with Gasteiger partial charge < -0.3 is 19.6 Å². The standard InChI is InChI=1S/C19H26N2O4/c1-25-15-9-8-14-6-2-5-11-21(16(14)12-15)18(23)13-20-10-4-3-7-17(22)19(20)24/h8-9,12,17,22H,2-7,10-11,13H2,1H3. The lowest BCUT2D eigenvalue weighted by atomic mass is 10.1. The van der Waals surface area contributed by atoms with Crippen LogP contribution in [-0.2, 0) is 16.0 Å². The number of benzene rings is 1. The van der Waals surface area contributed by atoms with Crippen molar-refractivity contribution in [1.29, 1.82) is 0 Å². The van der Waals surface area contributed by atoms with E-state index in [1.807, 2.05) is 18.2 Å². The number of likely N-dealkylation sites (tertiary alicyclic amines) is 1. The first-order chi connectivity index (χ1) is 12.1. The van der Waals surface area contributed by atoms with E-state index in [1.54, 1.807) is 12.0 Å². The number of nitrogens with zero attached hydrogens (tertiary/aromatic N) is 2. The van der Waals surface area contributed by atoms with Crippen molar-refractivity contribution in [1.82, 2.24) is 4.90 Å². The summed E-state index contributed by atoms with van der Waals surface area (Å²) in [5.41, 5.74) is 2.01. The number of carbonyl (C=O) groups excluding carboxylic acids is 2. The molecule has 0 saturated carbocycles. The van der Waals surface area contributed by atoms with Crippen LogP contribution in [0, 0.1) is 0 Å². The molecule has 1 aromatic rings. The van der Waals surface area contributed by atoms with Gasteiger partial charge in [-0.15, -0.1) is 0 Å². The molecule has 0 aliphatic carbocycles. The highest BCUT2D eigenvalue weighted by Crippen LogP contribution is 2.30. The minimum Gasteiger partial charge on any atom is -0.497 e. The quantitative estimate of drug-likeness (QED) is 0.905. The number of hydrogen-bond donors (Lipinski definition) is 1. The van der Waals surface area contributed by atoms with Gasteiger partial charge in [0.05, 0.1) is 12.8 Å². The molecule has 1 atom stereocenters. The van der Waals surface area contributed by atoms with Crippen LogP contribution in [0.1, 0.15) is 37.7 Å². The first-order valence-electron chi connectivity index (χ1n) is 9.04. The molecule has 136 valence electrons. The second-order valence-corrected chi connectivity index (χ2v) is 6.77. The van der Waals surface area contributed by atoms with Crippen LogP contribution in [0.5, 0.6) is 5.75 Å². The molecular weight excluding hydrogens is 320 g/mol. The van der Waals surface area contributed by atoms with Gasteiger partial charge in [-0.25, -0.2) is 0 Å². The molecule has 1 aromatic carbocycles. The molecular formula is C19H26N2O4. The molecule has 0 bridgehead atoms. The predicted octanol–water partition coefficient (Wildman–Crippen LogP) is 1.74. The van der Waals surface area contributed by atoms with E-state index in [4.69, 9.17) is 4.74 Å². The number of rotatable bonds is 3. The van der Waals surface area contributed by atoms with Crippen LogP contribution in [-0.4, -0.2) is 54.7 Å². The first-order valence-corrected chi connectivity index (χ1v) is 9.04. The summed E-state index contributed by atoms with van der Waals surface area (Å²) in [6.45, 7) is 1.19. The third-order valence-electron chi connectivity index (χ3n) is 5.04. The number of amides is 2. The maximum atomic E-state index is 13.0. The number of methoxy groups -OCH3 is 1. The first kappa shape index (κ1) is 17.7. The van der Waals surface area contributed by atoms with E-state index < -0.39 is 6.10 Å². The summed E-state index contributed by atoms with van der Waals surface area (Å²) >= 11 is 0. The highest BCUT2D eigenvalue weighted by atomic mass is 16.5. The van der Waals surface area contributed by atoms with E-state index in [9.17, 15) is 14.7 Å². The van der Waals surface area contributed by atoms with Crippen molar-refractivity contribution in [3.63, 3.8) is 0 Å². The number of hydrogen-bond acceptors (Lipinski definition) is 4. The van der Waals surface area contributed by atoms with Gasteiger partial charge in [0.15, 0.2) is 0 Å². The second-order valence-electron chi connectivity index (χ2n) is 6.77. The zero-order chi connectivity index (χ0) is 17.8. The summed E-state index contributed by atoms with van der Waals surface area (Å²) in [6, 6.07) is 5.83. The van der Waals surface area contributed by atoms with Crippen LogP contribution in [0.15, 0.2) is 18.2 Å². The van der Waals surface area contributed by atoms with E-state index in [0.29, 0.717) is 19.5 Å². The highest BCUT2D eigenvalue weighted by Gasteiger charge is 2.29. The van der Waals surface area contributed by atoms with Crippen LogP contribution in [0.3, 0.4) is 0 Å². The molecule has 2 aliphatic rings. The van der Waals surface area contributed by atoms with Crippen molar-refractivity contribution in [2.24, 2.45) is 0 Å². The molecule has 1 N–H and O–H groups in total. The van der Waals surface area contributed by atoms with Gasteiger partial charge in [-0.1, -0.05) is 6.07 Å². The molecule has 25 heavy (non-hydrogen) atoms. The molecule has 6 heteroatoms. The molecule has 1 fully saturated rings. The summed E-state index contributed by atoms with van der Waals surface area (Å²) < 4.78 is 5.31. The third-order valence-corrected chi connectivity index (χ3v) is 5.04. The topological polar surface area (TPSA) is 70.1 Å². The Balaban J connectivity index is 1.81. The minimum atomic E-state index is -0.980. The van der Waals surface area contributed by atoms with Crippen molar-refractivity contribution >= 4 is 17.5 Å². The molecule has 2 heterocycles. The lowest BCUT2D eigenvalue weighted by Gasteiger charge is -2.28. The van der Waals surface area contributed by atoms with Crippen molar-refractivity contribution in [3.05, 3.63) is 23.8 Å². The number of aryl methyl sites for hydroxylation is 1. The number of aliphatic hydroxyl groups is 1. The fraction of sp³-hybridized carbons (Fsp3) is 0.579. The largest absolute Gasteiger partial charge is 0.497 e. The SMILES string of the molecule is COc1ccc2c(c1)N(C(=O)CN1CCCCC(O)C1=O)CCCC2. The van der Waals surface area contributed by atoms with Crippen LogP contribution >= 0.6 is 0 Å². The van der Waals surface area contributed by atoms with Crippen LogP contribution < -0.4 is 9.64 Å². The fourth-order valence-electron chi connectivity index (χ4n) is 3.59. The van der Waals surface area contributed by atoms with Gasteiger partial charge in [0, 0.05) is 19.2 Å². The van der Waals surface area contributed by atoms with Crippen molar-refractivity contribution in [2.45, 2.75) is 44.6 Å². The Morgan fingerprint density at radius 3 is 2.84 bits per heavy atom. The van der Waals surface area contributed by atoms with Gasteiger partial charge in [-0.3, -0.25) is 9.59 Å². The molecule has 1 saturated heterocycles. The Hall–Kier alpha value is -2.08. The normalized spacial score (nSPS) is 21.4. The summed E-state index contributed by atoms with van der Waals surface area (Å²) in [5, 5.41) is 9.89. The maximum absolute atomic E-state index is 13.0. The zero-order valence-electron chi connectivity index (χ0n) is 14.7. The molecule has 1 unspecified atom stereocenters. The van der Waals surface area contributed by atoms with Crippen LogP contribution in [0.2, 0.25) is 0 Å². The molecule has 0 radical (unpaired) electrons. The van der Waals surface area contributed by atoms with Crippen molar-refractivity contribution in [3.8, 4) is 5.75 Å². The van der Waals surface area contributed by atoms with Crippen molar-refractivity contribution < 1.29 is 19.4 Å². The average molecular weight is 346 g/mol. The Kier molecular flexibility index (Phi) is 5.58. The van der Waals surface area contributed by atoms with Gasteiger partial charge >= 0.3 is 0 Å². The van der Waals surface area contributed by atoms with E-state index in [-0.39, 0.29) is 18.4 Å². The summed E-state index contributed by atoms with van der Waals surface area (Å²) in [4.78, 5) is 28.5. The van der Waals surface area contributed by atoms with E-state index >= 15 is 0 Å². The smallest absolute Gasteiger partial charge is 0.251 e. The Morgan fingerprint density at radius 1 is 1.24 bits per heavy atom. The van der Waals surface area contributed by atoms with E-state index in [0.717, 1.165) is 49.1 Å². The van der Waals surface area contributed by atoms with Gasteiger partial charge in [-0.05, 0) is 50.2 Å². The van der Waals surface area contributed by atoms with E-state index in [2.05, 4.69) is 0 Å². The van der Waals surface area contributed by atoms with E-state index in [1.165, 1.54) is 4.90 Å². The zero-order valence-corrected chi connectivity index (χ0v) is 14.7. The monoisotopic (exact) mass is 346 g/mol. The maximum Gasteiger partial charge on any atom is 0.251 e. The lowest BCUT2D eigenvalue weighted by Crippen LogP contribution is -2.46. The van der Waals surface area contributed by atoms with Gasteiger partial charge in [-0.2, -0.15) is 0 Å². The number of aliphatic hydroxyl groups excluding tert-OH is 1. The average Bonchev–Trinajstić information content (AvgIpc) is 2.92. The number of carbonyl (C=O) groups is 2. The summed E-state index contributed by atoms with van der Waals surface area (Å²) in [6.07, 6.45) is 4.02. The molecule has 2 aliphatic heterocycles. The summed E-state index contributed by atoms with van der Waals surface area (Å²) in [7, 11) is 1.61. The third kappa shape index (κ3) is 3.95. The lowest BCUT2D eigenvalue weighted by molar-refractivity contribution is -0.142. The molecule has 0 aromatic heterocycles. The second kappa shape index (κ2) is 7.87. The number of ether oxygens (including phenoxy) is 1. The Morgan fingerprint density at radius 2 is 2.04 bits per heavy atom. The highest BCUT2D eigenvalue weighted by molar-refractivity contribution is 5.98. The van der Waals surface area contributed by atoms with Gasteiger partial charge in [0.25, 0.3) is 5.91 Å². The van der Waals surface area contributed by atoms with Crippen molar-refractivity contribution in [2.75, 3.05) is 31.6 Å². The fourth-order valence-corrected chi connectivity index (χ4v) is 3.59. The van der Waals surface area contributed by atoms with Gasteiger partial charge in [0.2, 0.25) is 5.91 Å². The number of fused-ring (bicyclic) bond motifs is 1. The molecule has 2 amide bonds. The molecule has 3 rings (SSSR count). The van der Waals surface area contributed by atoms with Crippen LogP contribution in [0.4, 0.5) is 5.69 Å². The summed E-state index contributed by atoms with van der Waals surface area (Å²) in [5.74, 6) is 0.296. The molecule has 6 nitrogen and oxygen atoms in total. The van der Waals surface area contributed by atoms with Gasteiger partial charge in [0.1, 0.15) is 18.4 Å². The number of anilines is 1. The Bertz CT molecular complexity index is 646. The molecule has 0 spiro atoms.